The van der Waals surface area contributed by atoms with Crippen molar-refractivity contribution >= 4 is 11.7 Å². The summed E-state index contributed by atoms with van der Waals surface area (Å²) < 4.78 is 2.10. The summed E-state index contributed by atoms with van der Waals surface area (Å²) in [7, 11) is 1.60. The van der Waals surface area contributed by atoms with Crippen LogP contribution in [0.15, 0.2) is 12.4 Å². The number of hydrogen-bond acceptors (Lipinski definition) is 6. The minimum Gasteiger partial charge on any atom is -0.355 e. The van der Waals surface area contributed by atoms with Gasteiger partial charge in [-0.15, -0.1) is 0 Å². The highest BCUT2D eigenvalue weighted by Gasteiger charge is 2.29. The first-order chi connectivity index (χ1) is 13.5. The zero-order chi connectivity index (χ0) is 19.8. The fourth-order valence-corrected chi connectivity index (χ4v) is 3.79. The van der Waals surface area contributed by atoms with Crippen molar-refractivity contribution in [3.05, 3.63) is 35.0 Å². The fourth-order valence-electron chi connectivity index (χ4n) is 3.79. The molecule has 0 bridgehead atoms. The number of rotatable bonds is 6. The minimum absolute atomic E-state index is 0.234. The third-order valence-electron chi connectivity index (χ3n) is 5.81. The molecule has 0 spiro atoms. The van der Waals surface area contributed by atoms with Gasteiger partial charge in [-0.3, -0.25) is 9.48 Å². The Hall–Kier alpha value is -2.48. The second-order valence-corrected chi connectivity index (χ2v) is 7.97. The molecular weight excluding hydrogens is 354 g/mol. The summed E-state index contributed by atoms with van der Waals surface area (Å²) >= 11 is 0. The van der Waals surface area contributed by atoms with Crippen molar-refractivity contribution in [1.82, 2.24) is 30.4 Å². The number of carbonyl (C=O) groups is 1. The third kappa shape index (κ3) is 3.73. The molecule has 1 amide bonds. The van der Waals surface area contributed by atoms with Crippen molar-refractivity contribution in [1.29, 1.82) is 0 Å². The lowest BCUT2D eigenvalue weighted by atomic mass is 10.1. The first-order valence-corrected chi connectivity index (χ1v) is 10.1. The van der Waals surface area contributed by atoms with Crippen molar-refractivity contribution < 1.29 is 4.79 Å². The zero-order valence-corrected chi connectivity index (χ0v) is 17.1. The molecule has 1 aliphatic carbocycles. The van der Waals surface area contributed by atoms with Crippen LogP contribution in [0.25, 0.3) is 0 Å². The zero-order valence-electron chi connectivity index (χ0n) is 17.1. The van der Waals surface area contributed by atoms with Gasteiger partial charge in [0.05, 0.1) is 12.2 Å². The van der Waals surface area contributed by atoms with Gasteiger partial charge in [0.15, 0.2) is 0 Å². The molecule has 2 fully saturated rings. The molecule has 2 N–H and O–H groups in total. The first kappa shape index (κ1) is 18.9. The molecule has 2 aromatic heterocycles. The standard InChI is InChI=1S/C20H29N7O/c1-12-13(2)24-18(20(28)21-4)25-19(12)26-8-7-16(11-26)23-14(3)15-9-22-27(10-15)17-5-6-17/h9-10,14,16-17,23H,5-8,11H2,1-4H3,(H,21,28)/t14?,16-/m1/s1. The van der Waals surface area contributed by atoms with Gasteiger partial charge in [0.25, 0.3) is 5.91 Å². The van der Waals surface area contributed by atoms with E-state index in [9.17, 15) is 4.79 Å². The topological polar surface area (TPSA) is 88.0 Å². The van der Waals surface area contributed by atoms with E-state index in [0.717, 1.165) is 36.6 Å². The molecule has 2 atom stereocenters. The molecule has 2 aromatic rings. The molecule has 1 unspecified atom stereocenters. The van der Waals surface area contributed by atoms with Gasteiger partial charge in [0.1, 0.15) is 5.82 Å². The molecule has 8 heteroatoms. The Morgan fingerprint density at radius 1 is 1.25 bits per heavy atom. The Bertz CT molecular complexity index is 873. The smallest absolute Gasteiger partial charge is 0.288 e. The van der Waals surface area contributed by atoms with Gasteiger partial charge in [-0.05, 0) is 40.0 Å². The lowest BCUT2D eigenvalue weighted by molar-refractivity contribution is 0.0952. The number of nitrogens with one attached hydrogen (secondary N) is 2. The number of amides is 1. The molecule has 1 saturated heterocycles. The van der Waals surface area contributed by atoms with Gasteiger partial charge in [-0.25, -0.2) is 9.97 Å². The van der Waals surface area contributed by atoms with Crippen LogP contribution < -0.4 is 15.5 Å². The molecule has 8 nitrogen and oxygen atoms in total. The van der Waals surface area contributed by atoms with Crippen LogP contribution in [0.3, 0.4) is 0 Å². The van der Waals surface area contributed by atoms with Crippen LogP contribution in [-0.4, -0.2) is 51.8 Å². The van der Waals surface area contributed by atoms with Crippen LogP contribution >= 0.6 is 0 Å². The average Bonchev–Trinajstić information content (AvgIpc) is 3.23. The van der Waals surface area contributed by atoms with Gasteiger partial charge >= 0.3 is 0 Å². The summed E-state index contributed by atoms with van der Waals surface area (Å²) in [5.74, 6) is 0.849. The van der Waals surface area contributed by atoms with Crippen LogP contribution in [0.2, 0.25) is 0 Å². The number of hydrogen-bond donors (Lipinski definition) is 2. The van der Waals surface area contributed by atoms with E-state index in [1.807, 2.05) is 20.0 Å². The maximum Gasteiger partial charge on any atom is 0.288 e. The number of carbonyl (C=O) groups excluding carboxylic acids is 1. The summed E-state index contributed by atoms with van der Waals surface area (Å²) in [6, 6.07) is 1.24. The predicted molar refractivity (Wildman–Crippen MR) is 108 cm³/mol. The molecule has 28 heavy (non-hydrogen) atoms. The van der Waals surface area contributed by atoms with Gasteiger partial charge in [0, 0.05) is 55.2 Å². The fraction of sp³-hybridized carbons (Fsp3) is 0.600. The van der Waals surface area contributed by atoms with Gasteiger partial charge in [-0.2, -0.15) is 5.10 Å². The number of aryl methyl sites for hydroxylation is 1. The van der Waals surface area contributed by atoms with E-state index >= 15 is 0 Å². The van der Waals surface area contributed by atoms with E-state index in [-0.39, 0.29) is 17.8 Å². The average molecular weight is 384 g/mol. The summed E-state index contributed by atoms with van der Waals surface area (Å²) in [6.07, 6.45) is 7.69. The molecule has 150 valence electrons. The van der Waals surface area contributed by atoms with Crippen molar-refractivity contribution in [2.75, 3.05) is 25.0 Å². The van der Waals surface area contributed by atoms with Crippen molar-refractivity contribution in [2.45, 2.75) is 58.2 Å². The van der Waals surface area contributed by atoms with E-state index < -0.39 is 0 Å². The Balaban J connectivity index is 1.43. The normalized spacial score (nSPS) is 20.4. The Morgan fingerprint density at radius 3 is 2.75 bits per heavy atom. The van der Waals surface area contributed by atoms with Gasteiger partial charge in [-0.1, -0.05) is 0 Å². The molecule has 3 heterocycles. The molecule has 0 aromatic carbocycles. The second kappa shape index (κ2) is 7.50. The number of aromatic nitrogens is 4. The summed E-state index contributed by atoms with van der Waals surface area (Å²) in [5, 5.41) is 10.8. The van der Waals surface area contributed by atoms with Gasteiger partial charge in [0.2, 0.25) is 5.82 Å². The largest absolute Gasteiger partial charge is 0.355 e. The first-order valence-electron chi connectivity index (χ1n) is 10.1. The quantitative estimate of drug-likeness (QED) is 0.792. The van der Waals surface area contributed by atoms with E-state index in [2.05, 4.69) is 48.4 Å². The maximum absolute atomic E-state index is 12.0. The van der Waals surface area contributed by atoms with Crippen molar-refractivity contribution in [3.8, 4) is 0 Å². The maximum atomic E-state index is 12.0. The molecular formula is C20H29N7O. The Morgan fingerprint density at radius 2 is 2.04 bits per heavy atom. The summed E-state index contributed by atoms with van der Waals surface area (Å²) in [5.41, 5.74) is 3.12. The summed E-state index contributed by atoms with van der Waals surface area (Å²) in [6.45, 7) is 7.93. The molecule has 0 radical (unpaired) electrons. The molecule has 2 aliphatic rings. The second-order valence-electron chi connectivity index (χ2n) is 7.97. The van der Waals surface area contributed by atoms with Crippen molar-refractivity contribution in [3.63, 3.8) is 0 Å². The lowest BCUT2D eigenvalue weighted by Crippen LogP contribution is -2.35. The lowest BCUT2D eigenvalue weighted by Gasteiger charge is -2.22. The van der Waals surface area contributed by atoms with Gasteiger partial charge < -0.3 is 15.5 Å². The predicted octanol–water partition coefficient (Wildman–Crippen LogP) is 1.91. The number of nitrogens with zero attached hydrogens (tertiary/aromatic N) is 5. The number of anilines is 1. The van der Waals surface area contributed by atoms with E-state index in [0.29, 0.717) is 12.1 Å². The van der Waals surface area contributed by atoms with Crippen LogP contribution in [0.5, 0.6) is 0 Å². The third-order valence-corrected chi connectivity index (χ3v) is 5.81. The minimum atomic E-state index is -0.250. The van der Waals surface area contributed by atoms with Crippen LogP contribution in [0, 0.1) is 13.8 Å². The van der Waals surface area contributed by atoms with E-state index in [1.165, 1.54) is 18.4 Å². The molecule has 4 rings (SSSR count). The Kier molecular flexibility index (Phi) is 5.05. The SMILES string of the molecule is CNC(=O)c1nc(C)c(C)c(N2CC[C@@H](NC(C)c3cnn(C4CC4)c3)C2)n1. The van der Waals surface area contributed by atoms with E-state index in [1.54, 1.807) is 7.05 Å². The monoisotopic (exact) mass is 383 g/mol. The van der Waals surface area contributed by atoms with Crippen LogP contribution in [-0.2, 0) is 0 Å². The highest BCUT2D eigenvalue weighted by Crippen LogP contribution is 2.34. The highest BCUT2D eigenvalue weighted by molar-refractivity contribution is 5.90. The Labute approximate surface area is 165 Å². The summed E-state index contributed by atoms with van der Waals surface area (Å²) in [4.78, 5) is 23.1. The molecule has 1 aliphatic heterocycles. The van der Waals surface area contributed by atoms with Crippen molar-refractivity contribution in [2.24, 2.45) is 0 Å². The molecule has 1 saturated carbocycles. The van der Waals surface area contributed by atoms with E-state index in [4.69, 9.17) is 0 Å². The highest BCUT2D eigenvalue weighted by atomic mass is 16.2. The van der Waals surface area contributed by atoms with Crippen LogP contribution in [0.1, 0.15) is 65.7 Å². The van der Waals surface area contributed by atoms with Crippen LogP contribution in [0.4, 0.5) is 5.82 Å².